The molecule has 0 amide bonds. The van der Waals surface area contributed by atoms with Gasteiger partial charge in [0, 0.05) is 138 Å². The van der Waals surface area contributed by atoms with E-state index in [1.165, 1.54) is 39.0 Å². The molecule has 3 N–H and O–H groups in total. The molecule has 0 aliphatic heterocycles. The van der Waals surface area contributed by atoms with Gasteiger partial charge in [0.15, 0.2) is 17.3 Å². The zero-order valence-corrected chi connectivity index (χ0v) is 54.6. The van der Waals surface area contributed by atoms with Crippen molar-refractivity contribution in [3.63, 3.8) is 0 Å². The van der Waals surface area contributed by atoms with E-state index in [1.54, 1.807) is 105 Å². The summed E-state index contributed by atoms with van der Waals surface area (Å²) >= 11 is 9.58. The van der Waals surface area contributed by atoms with Gasteiger partial charge >= 0.3 is 0 Å². The van der Waals surface area contributed by atoms with Gasteiger partial charge in [-0.15, -0.1) is 68.0 Å². The van der Waals surface area contributed by atoms with Crippen molar-refractivity contribution in [1.82, 2.24) is 29.9 Å². The van der Waals surface area contributed by atoms with Gasteiger partial charge in [0.1, 0.15) is 17.8 Å². The molecule has 0 atom stereocenters. The fourth-order valence-corrected chi connectivity index (χ4v) is 14.4. The first-order chi connectivity index (χ1) is 42.4. The van der Waals surface area contributed by atoms with Crippen molar-refractivity contribution in [2.75, 3.05) is 0 Å². The molecule has 12 nitrogen and oxygen atoms in total. The van der Waals surface area contributed by atoms with Crippen molar-refractivity contribution in [1.29, 1.82) is 0 Å². The smallest absolute Gasteiger partial charge is 0.174 e. The molecular weight excluding hydrogens is 1390 g/mol. The average Bonchev–Trinajstić information content (AvgIpc) is 1.81. The molecule has 88 heavy (non-hydrogen) atoms. The molecule has 12 heterocycles. The Kier molecular flexibility index (Phi) is 22.4. The van der Waals surface area contributed by atoms with Gasteiger partial charge in [-0.1, -0.05) is 72.8 Å². The molecular formula is C69H54IrN6O6S6. The quantitative estimate of drug-likeness (QED) is 0.0545. The number of carbonyl (C=O) groups excluding carboxylic acids is 3. The Morgan fingerprint density at radius 2 is 0.477 bits per heavy atom. The van der Waals surface area contributed by atoms with Crippen LogP contribution >= 0.6 is 68.0 Å². The summed E-state index contributed by atoms with van der Waals surface area (Å²) in [5, 5.41) is 41.3. The number of allylic oxidation sites excluding steroid dienone is 6. The molecule has 12 aromatic rings. The number of ketones is 3. The molecule has 1 radical (unpaired) electrons. The van der Waals surface area contributed by atoms with Gasteiger partial charge in [0.2, 0.25) is 0 Å². The maximum Gasteiger partial charge on any atom is 0.174 e. The number of hydrogen-bond donors (Lipinski definition) is 3. The standard InChI is InChI=1S/3C23H18N2O2S2.Ir/c3*1-15(26)14-18(27)21(22-16(6-2-10-24-22)19-8-4-12-28-19)23-17(7-3-11-25-23)20-9-5-13-29-20;/h3*2-14,21,26H,1H3;/b3*15-14+;. The van der Waals surface area contributed by atoms with Gasteiger partial charge in [-0.3, -0.25) is 44.3 Å². The monoisotopic (exact) mass is 1450 g/mol. The third-order valence-corrected chi connectivity index (χ3v) is 18.7. The Morgan fingerprint density at radius 1 is 0.307 bits per heavy atom. The molecule has 0 aromatic carbocycles. The third-order valence-electron chi connectivity index (χ3n) is 13.3. The fourth-order valence-electron chi connectivity index (χ4n) is 9.79. The number of pyridine rings is 6. The van der Waals surface area contributed by atoms with Crippen LogP contribution in [0, 0.1) is 0 Å². The molecule has 0 spiro atoms. The number of thiophene rings is 6. The summed E-state index contributed by atoms with van der Waals surface area (Å²) in [6, 6.07) is 46.9. The fraction of sp³-hybridized carbons (Fsp3) is 0.0870. The van der Waals surface area contributed by atoms with Crippen LogP contribution < -0.4 is 0 Å². The second kappa shape index (κ2) is 30.8. The van der Waals surface area contributed by atoms with Gasteiger partial charge in [0.25, 0.3) is 0 Å². The van der Waals surface area contributed by atoms with Crippen molar-refractivity contribution >= 4 is 85.4 Å². The van der Waals surface area contributed by atoms with Crippen LogP contribution in [-0.4, -0.2) is 62.6 Å². The van der Waals surface area contributed by atoms with Crippen molar-refractivity contribution < 1.29 is 49.8 Å². The van der Waals surface area contributed by atoms with E-state index in [0.29, 0.717) is 34.2 Å². The van der Waals surface area contributed by atoms with Crippen molar-refractivity contribution in [3.05, 3.63) is 285 Å². The van der Waals surface area contributed by atoms with Crippen molar-refractivity contribution in [2.45, 2.75) is 38.5 Å². The summed E-state index contributed by atoms with van der Waals surface area (Å²) in [5.41, 5.74) is 9.18. The predicted octanol–water partition coefficient (Wildman–Crippen LogP) is 18.3. The van der Waals surface area contributed by atoms with Gasteiger partial charge in [0.05, 0.1) is 51.4 Å². The Bertz CT molecular complexity index is 3650. The van der Waals surface area contributed by atoms with Crippen LogP contribution in [0.1, 0.15) is 72.7 Å². The summed E-state index contributed by atoms with van der Waals surface area (Å²) in [6.07, 6.45) is 13.9. The van der Waals surface area contributed by atoms with Gasteiger partial charge < -0.3 is 15.3 Å². The number of nitrogens with zero attached hydrogens (tertiary/aromatic N) is 6. The van der Waals surface area contributed by atoms with Crippen LogP contribution in [0.4, 0.5) is 0 Å². The first-order valence-electron chi connectivity index (χ1n) is 27.1. The molecule has 0 saturated carbocycles. The molecule has 19 heteroatoms. The van der Waals surface area contributed by atoms with Crippen LogP contribution in [0.5, 0.6) is 0 Å². The van der Waals surface area contributed by atoms with E-state index in [9.17, 15) is 29.7 Å². The van der Waals surface area contributed by atoms with E-state index in [-0.39, 0.29) is 54.7 Å². The number of hydrogen-bond acceptors (Lipinski definition) is 18. The van der Waals surface area contributed by atoms with E-state index >= 15 is 0 Å². The van der Waals surface area contributed by atoms with Crippen LogP contribution in [0.25, 0.3) is 62.6 Å². The van der Waals surface area contributed by atoms with Crippen molar-refractivity contribution in [3.8, 4) is 62.6 Å². The van der Waals surface area contributed by atoms with Crippen LogP contribution in [0.15, 0.2) is 251 Å². The first kappa shape index (κ1) is 63.9. The number of rotatable bonds is 18. The van der Waals surface area contributed by atoms with Gasteiger partial charge in [-0.25, -0.2) is 0 Å². The van der Waals surface area contributed by atoms with E-state index < -0.39 is 17.8 Å². The average molecular weight is 1450 g/mol. The molecule has 0 saturated heterocycles. The van der Waals surface area contributed by atoms with E-state index in [4.69, 9.17) is 0 Å². The molecule has 12 rings (SSSR count). The number of aliphatic hydroxyl groups is 3. The second-order valence-electron chi connectivity index (χ2n) is 19.3. The summed E-state index contributed by atoms with van der Waals surface area (Å²) in [7, 11) is 0. The van der Waals surface area contributed by atoms with Crippen molar-refractivity contribution in [2.24, 2.45) is 0 Å². The number of aromatic nitrogens is 6. The molecule has 0 aliphatic carbocycles. The van der Waals surface area contributed by atoms with Gasteiger partial charge in [-0.05, 0) is 126 Å². The summed E-state index contributed by atoms with van der Waals surface area (Å²) in [4.78, 5) is 73.7. The van der Waals surface area contributed by atoms with E-state index in [2.05, 4.69) is 29.9 Å². The van der Waals surface area contributed by atoms with Crippen LogP contribution in [0.3, 0.4) is 0 Å². The Labute approximate surface area is 546 Å². The summed E-state index contributed by atoms with van der Waals surface area (Å²) in [5.74, 6) is -3.06. The minimum atomic E-state index is -0.728. The SMILES string of the molecule is C/C(O)=C\C(=O)C(c1ncccc1-c1cccs1)c1ncccc1-c1cccs1.C/C(O)=C\C(=O)C(c1ncccc1-c1cccs1)c1ncccc1-c1cccs1.C/C(O)=C\C(=O)C(c1ncccc1-c1cccs1)c1ncccc1-c1cccs1.[Ir]. The summed E-state index contributed by atoms with van der Waals surface area (Å²) < 4.78 is 0. The molecule has 0 bridgehead atoms. The molecule has 0 unspecified atom stereocenters. The molecule has 0 aliphatic rings. The topological polar surface area (TPSA) is 189 Å². The van der Waals surface area contributed by atoms with Crippen LogP contribution in [0.2, 0.25) is 0 Å². The van der Waals surface area contributed by atoms with Crippen LogP contribution in [-0.2, 0) is 34.5 Å². The maximum atomic E-state index is 13.3. The number of aliphatic hydroxyl groups excluding tert-OH is 3. The zero-order chi connectivity index (χ0) is 60.7. The summed E-state index contributed by atoms with van der Waals surface area (Å²) in [6.45, 7) is 4.48. The normalized spacial score (nSPS) is 11.6. The van der Waals surface area contributed by atoms with Gasteiger partial charge in [-0.2, -0.15) is 0 Å². The Hall–Kier alpha value is -8.62. The van der Waals surface area contributed by atoms with E-state index in [0.717, 1.165) is 62.6 Å². The minimum absolute atomic E-state index is 0. The van der Waals surface area contributed by atoms with E-state index in [1.807, 2.05) is 178 Å². The first-order valence-corrected chi connectivity index (χ1v) is 32.4. The molecule has 0 fully saturated rings. The third kappa shape index (κ3) is 15.4. The molecule has 441 valence electrons. The maximum absolute atomic E-state index is 13.3. The number of carbonyl (C=O) groups is 3. The Morgan fingerprint density at radius 3 is 0.614 bits per heavy atom. The Balaban J connectivity index is 0.000000156. The zero-order valence-electron chi connectivity index (χ0n) is 47.3. The predicted molar refractivity (Wildman–Crippen MR) is 355 cm³/mol. The molecule has 12 aromatic heterocycles. The second-order valence-corrected chi connectivity index (χ2v) is 25.0. The minimum Gasteiger partial charge on any atom is -0.512 e. The largest absolute Gasteiger partial charge is 0.512 e.